The Morgan fingerprint density at radius 3 is 2.81 bits per heavy atom. The summed E-state index contributed by atoms with van der Waals surface area (Å²) in [7, 11) is 1.59. The second-order valence-corrected chi connectivity index (χ2v) is 5.47. The zero-order chi connectivity index (χ0) is 18.6. The Bertz CT molecular complexity index is 880. The minimum absolute atomic E-state index is 0.150. The van der Waals surface area contributed by atoms with Gasteiger partial charge in [-0.05, 0) is 17.7 Å². The molecule has 0 aliphatic rings. The maximum atomic E-state index is 12.8. The summed E-state index contributed by atoms with van der Waals surface area (Å²) in [4.78, 5) is 15.7. The molecule has 3 rings (SSSR count). The molecule has 2 aromatic heterocycles. The van der Waals surface area contributed by atoms with Gasteiger partial charge in [0.1, 0.15) is 5.52 Å². The van der Waals surface area contributed by atoms with Crippen molar-refractivity contribution in [3.8, 4) is 0 Å². The van der Waals surface area contributed by atoms with Crippen LogP contribution in [0.15, 0.2) is 30.6 Å². The second kappa shape index (κ2) is 7.56. The second-order valence-electron chi connectivity index (χ2n) is 5.47. The summed E-state index contributed by atoms with van der Waals surface area (Å²) < 4.78 is 43.4. The smallest absolute Gasteiger partial charge is 0.383 e. The van der Waals surface area contributed by atoms with Gasteiger partial charge >= 0.3 is 6.18 Å². The number of fused-ring (bicyclic) bond motifs is 1. The monoisotopic (exact) mass is 366 g/mol. The highest BCUT2D eigenvalue weighted by Gasteiger charge is 2.30. The van der Waals surface area contributed by atoms with Crippen molar-refractivity contribution >= 4 is 22.9 Å². The summed E-state index contributed by atoms with van der Waals surface area (Å²) in [6.45, 7) is 1.18. The first-order valence-electron chi connectivity index (χ1n) is 7.81. The Balaban J connectivity index is 1.76. The van der Waals surface area contributed by atoms with Crippen molar-refractivity contribution in [2.24, 2.45) is 0 Å². The van der Waals surface area contributed by atoms with Crippen LogP contribution in [0.5, 0.6) is 0 Å². The van der Waals surface area contributed by atoms with Gasteiger partial charge in [-0.3, -0.25) is 0 Å². The largest absolute Gasteiger partial charge is 0.416 e. The first kappa shape index (κ1) is 17.9. The van der Waals surface area contributed by atoms with Gasteiger partial charge in [-0.1, -0.05) is 12.1 Å². The van der Waals surface area contributed by atoms with Crippen molar-refractivity contribution < 1.29 is 17.9 Å². The lowest BCUT2D eigenvalue weighted by molar-refractivity contribution is -0.137. The topological polar surface area (TPSA) is 87.8 Å². The highest BCUT2D eigenvalue weighted by Crippen LogP contribution is 2.29. The zero-order valence-electron chi connectivity index (χ0n) is 13.9. The number of methoxy groups -OCH3 is 1. The van der Waals surface area contributed by atoms with Crippen molar-refractivity contribution in [3.05, 3.63) is 41.7 Å². The molecule has 0 bridgehead atoms. The maximum Gasteiger partial charge on any atom is 0.416 e. The van der Waals surface area contributed by atoms with E-state index in [2.05, 4.69) is 30.6 Å². The van der Waals surface area contributed by atoms with Crippen LogP contribution in [-0.2, 0) is 17.5 Å². The quantitative estimate of drug-likeness (QED) is 0.557. The fourth-order valence-electron chi connectivity index (χ4n) is 2.35. The van der Waals surface area contributed by atoms with Gasteiger partial charge in [0.25, 0.3) is 0 Å². The molecule has 0 amide bonds. The number of H-pyrrole nitrogens is 1. The van der Waals surface area contributed by atoms with E-state index in [1.165, 1.54) is 12.4 Å². The van der Waals surface area contributed by atoms with Crippen LogP contribution in [0, 0.1) is 0 Å². The molecule has 1 aromatic carbocycles. The summed E-state index contributed by atoms with van der Waals surface area (Å²) in [5.41, 5.74) is 0.874. The summed E-state index contributed by atoms with van der Waals surface area (Å²) in [6.07, 6.45) is -2.88. The number of ether oxygens (including phenoxy) is 1. The highest BCUT2D eigenvalue weighted by molar-refractivity contribution is 5.83. The predicted octanol–water partition coefficient (Wildman–Crippen LogP) is 3.04. The molecule has 7 nitrogen and oxygen atoms in total. The van der Waals surface area contributed by atoms with Crippen LogP contribution in [0.3, 0.4) is 0 Å². The van der Waals surface area contributed by atoms with Crippen LogP contribution in [0.4, 0.5) is 24.9 Å². The molecular weight excluding hydrogens is 349 g/mol. The number of anilines is 2. The lowest BCUT2D eigenvalue weighted by Crippen LogP contribution is -2.12. The average Bonchev–Trinajstić information content (AvgIpc) is 3.08. The van der Waals surface area contributed by atoms with Crippen LogP contribution < -0.4 is 10.6 Å². The number of aromatic amines is 1. The predicted molar refractivity (Wildman–Crippen MR) is 90.8 cm³/mol. The summed E-state index contributed by atoms with van der Waals surface area (Å²) in [5, 5.41) is 6.04. The highest BCUT2D eigenvalue weighted by atomic mass is 19.4. The molecule has 3 aromatic rings. The van der Waals surface area contributed by atoms with E-state index in [1.54, 1.807) is 13.2 Å². The summed E-state index contributed by atoms with van der Waals surface area (Å²) in [5.74, 6) is 0.804. The zero-order valence-corrected chi connectivity index (χ0v) is 13.9. The molecular formula is C16H17F3N6O. The van der Waals surface area contributed by atoms with Crippen LogP contribution in [0.2, 0.25) is 0 Å². The fraction of sp³-hybridized carbons (Fsp3) is 0.312. The third kappa shape index (κ3) is 4.20. The molecule has 0 aliphatic carbocycles. The van der Waals surface area contributed by atoms with E-state index in [0.717, 1.165) is 12.1 Å². The average molecular weight is 366 g/mol. The fourth-order valence-corrected chi connectivity index (χ4v) is 2.35. The van der Waals surface area contributed by atoms with Gasteiger partial charge in [0, 0.05) is 20.2 Å². The molecule has 138 valence electrons. The van der Waals surface area contributed by atoms with Crippen LogP contribution in [-0.4, -0.2) is 40.2 Å². The number of rotatable bonds is 7. The Morgan fingerprint density at radius 1 is 1.19 bits per heavy atom. The van der Waals surface area contributed by atoms with E-state index in [-0.39, 0.29) is 12.5 Å². The number of nitrogens with zero attached hydrogens (tertiary/aromatic N) is 3. The number of imidazole rings is 1. The first-order chi connectivity index (χ1) is 12.5. The first-order valence-corrected chi connectivity index (χ1v) is 7.81. The molecule has 0 saturated carbocycles. The van der Waals surface area contributed by atoms with Crippen molar-refractivity contribution in [1.29, 1.82) is 0 Å². The third-order valence-corrected chi connectivity index (χ3v) is 3.59. The van der Waals surface area contributed by atoms with Crippen LogP contribution >= 0.6 is 0 Å². The van der Waals surface area contributed by atoms with Crippen LogP contribution in [0.25, 0.3) is 11.2 Å². The van der Waals surface area contributed by atoms with Crippen molar-refractivity contribution in [1.82, 2.24) is 19.9 Å². The molecule has 0 unspecified atom stereocenters. The van der Waals surface area contributed by atoms with E-state index >= 15 is 0 Å². The SMILES string of the molecule is COCCNc1nc(NCc2cccc(C(F)(F)F)c2)nc2nc[nH]c12. The minimum atomic E-state index is -4.38. The molecule has 10 heteroatoms. The molecule has 0 atom stereocenters. The Kier molecular flexibility index (Phi) is 5.21. The van der Waals surface area contributed by atoms with Crippen molar-refractivity contribution in [2.75, 3.05) is 30.9 Å². The van der Waals surface area contributed by atoms with Crippen molar-refractivity contribution in [2.45, 2.75) is 12.7 Å². The molecule has 2 heterocycles. The van der Waals surface area contributed by atoms with E-state index in [1.807, 2.05) is 0 Å². The number of hydrogen-bond acceptors (Lipinski definition) is 6. The number of aromatic nitrogens is 4. The summed E-state index contributed by atoms with van der Waals surface area (Å²) >= 11 is 0. The van der Waals surface area contributed by atoms with Gasteiger partial charge < -0.3 is 20.4 Å². The number of nitrogens with one attached hydrogen (secondary N) is 3. The van der Waals surface area contributed by atoms with E-state index in [9.17, 15) is 13.2 Å². The number of benzene rings is 1. The number of halogens is 3. The molecule has 0 fully saturated rings. The number of alkyl halides is 3. The van der Waals surface area contributed by atoms with E-state index in [0.29, 0.717) is 35.7 Å². The molecule has 26 heavy (non-hydrogen) atoms. The van der Waals surface area contributed by atoms with Crippen LogP contribution in [0.1, 0.15) is 11.1 Å². The minimum Gasteiger partial charge on any atom is -0.383 e. The van der Waals surface area contributed by atoms with Gasteiger partial charge in [-0.2, -0.15) is 23.1 Å². The molecule has 0 radical (unpaired) electrons. The van der Waals surface area contributed by atoms with Gasteiger partial charge in [0.05, 0.1) is 18.5 Å². The van der Waals surface area contributed by atoms with E-state index in [4.69, 9.17) is 4.74 Å². The number of hydrogen-bond donors (Lipinski definition) is 3. The standard InChI is InChI=1S/C16H17F3N6O/c1-26-6-5-20-13-12-14(23-9-22-12)25-15(24-13)21-8-10-3-2-4-11(7-10)16(17,18)19/h2-4,7,9H,5-6,8H2,1H3,(H3,20,21,22,23,24,25). The molecule has 3 N–H and O–H groups in total. The lowest BCUT2D eigenvalue weighted by atomic mass is 10.1. The van der Waals surface area contributed by atoms with Gasteiger partial charge in [0.15, 0.2) is 11.5 Å². The summed E-state index contributed by atoms with van der Waals surface area (Å²) in [6, 6.07) is 5.10. The van der Waals surface area contributed by atoms with Gasteiger partial charge in [-0.15, -0.1) is 0 Å². The third-order valence-electron chi connectivity index (χ3n) is 3.59. The molecule has 0 saturated heterocycles. The Morgan fingerprint density at radius 2 is 2.04 bits per heavy atom. The van der Waals surface area contributed by atoms with Crippen molar-refractivity contribution in [3.63, 3.8) is 0 Å². The lowest BCUT2D eigenvalue weighted by Gasteiger charge is -2.11. The van der Waals surface area contributed by atoms with E-state index < -0.39 is 11.7 Å². The van der Waals surface area contributed by atoms with Gasteiger partial charge in [-0.25, -0.2) is 4.98 Å². The molecule has 0 aliphatic heterocycles. The Labute approximate surface area is 147 Å². The molecule has 0 spiro atoms. The van der Waals surface area contributed by atoms with Gasteiger partial charge in [0.2, 0.25) is 5.95 Å². The normalized spacial score (nSPS) is 11.7. The Hall–Kier alpha value is -2.88. The maximum absolute atomic E-state index is 12.8.